The van der Waals surface area contributed by atoms with Crippen LogP contribution in [0, 0.1) is 0 Å². The van der Waals surface area contributed by atoms with E-state index in [4.69, 9.17) is 10.5 Å². The molecule has 2 N–H and O–H groups in total. The van der Waals surface area contributed by atoms with E-state index in [0.29, 0.717) is 13.0 Å². The molecule has 0 aliphatic carbocycles. The van der Waals surface area contributed by atoms with E-state index in [-0.39, 0.29) is 11.9 Å². The predicted octanol–water partition coefficient (Wildman–Crippen LogP) is 1.97. The fourth-order valence-corrected chi connectivity index (χ4v) is 2.48. The lowest BCUT2D eigenvalue weighted by atomic mass is 10.0. The van der Waals surface area contributed by atoms with Crippen LogP contribution in [0.4, 0.5) is 0 Å². The summed E-state index contributed by atoms with van der Waals surface area (Å²) in [7, 11) is 0. The Morgan fingerprint density at radius 2 is 1.95 bits per heavy atom. The molecule has 1 aliphatic rings. The first-order valence-electron chi connectivity index (χ1n) is 7.44. The summed E-state index contributed by atoms with van der Waals surface area (Å²) in [4.78, 5) is 14.1. The van der Waals surface area contributed by atoms with Crippen LogP contribution in [-0.4, -0.2) is 36.5 Å². The second-order valence-electron chi connectivity index (χ2n) is 5.30. The van der Waals surface area contributed by atoms with Gasteiger partial charge in [0.1, 0.15) is 5.75 Å². The average molecular weight is 276 g/mol. The Morgan fingerprint density at radius 3 is 2.55 bits per heavy atom. The molecule has 1 aromatic rings. The number of nitrogens with zero attached hydrogens (tertiary/aromatic N) is 1. The number of carbonyl (C=O) groups excluding carboxylic acids is 1. The van der Waals surface area contributed by atoms with Gasteiger partial charge in [0.05, 0.1) is 6.61 Å². The number of aryl methyl sites for hydroxylation is 1. The zero-order chi connectivity index (χ0) is 14.4. The van der Waals surface area contributed by atoms with Crippen molar-refractivity contribution in [3.05, 3.63) is 29.8 Å². The third-order valence-electron chi connectivity index (χ3n) is 3.75. The van der Waals surface area contributed by atoms with Crippen molar-refractivity contribution in [3.8, 4) is 5.75 Å². The summed E-state index contributed by atoms with van der Waals surface area (Å²) < 4.78 is 5.40. The molecule has 1 saturated heterocycles. The number of likely N-dealkylation sites (tertiary alicyclic amines) is 1. The maximum atomic E-state index is 12.1. The lowest BCUT2D eigenvalue weighted by molar-refractivity contribution is -0.132. The van der Waals surface area contributed by atoms with Gasteiger partial charge in [-0.1, -0.05) is 12.1 Å². The molecule has 0 atom stereocenters. The zero-order valence-electron chi connectivity index (χ0n) is 12.2. The van der Waals surface area contributed by atoms with Gasteiger partial charge in [-0.3, -0.25) is 4.79 Å². The number of benzene rings is 1. The standard InChI is InChI=1S/C16H24N2O2/c1-2-20-15-6-3-13(4-7-15)5-8-16(19)18-11-9-14(17)10-12-18/h3-4,6-7,14H,2,5,8-12,17H2,1H3. The van der Waals surface area contributed by atoms with Crippen LogP contribution in [0.5, 0.6) is 5.75 Å². The van der Waals surface area contributed by atoms with Gasteiger partial charge in [0.15, 0.2) is 0 Å². The highest BCUT2D eigenvalue weighted by Gasteiger charge is 2.19. The first-order chi connectivity index (χ1) is 9.69. The molecule has 2 rings (SSSR count). The number of carbonyl (C=O) groups is 1. The summed E-state index contributed by atoms with van der Waals surface area (Å²) in [6.45, 7) is 4.26. The van der Waals surface area contributed by atoms with Crippen molar-refractivity contribution < 1.29 is 9.53 Å². The molecule has 0 aromatic heterocycles. The summed E-state index contributed by atoms with van der Waals surface area (Å²) in [5.74, 6) is 1.12. The van der Waals surface area contributed by atoms with Gasteiger partial charge >= 0.3 is 0 Å². The summed E-state index contributed by atoms with van der Waals surface area (Å²) in [6.07, 6.45) is 3.21. The van der Waals surface area contributed by atoms with Crippen LogP contribution in [0.1, 0.15) is 31.7 Å². The molecule has 0 bridgehead atoms. The average Bonchev–Trinajstić information content (AvgIpc) is 2.47. The van der Waals surface area contributed by atoms with Crippen molar-refractivity contribution in [1.82, 2.24) is 4.90 Å². The Morgan fingerprint density at radius 1 is 1.30 bits per heavy atom. The van der Waals surface area contributed by atoms with Gasteiger partial charge in [-0.05, 0) is 43.9 Å². The topological polar surface area (TPSA) is 55.6 Å². The van der Waals surface area contributed by atoms with Gasteiger partial charge in [0.2, 0.25) is 5.91 Å². The first-order valence-corrected chi connectivity index (χ1v) is 7.44. The highest BCUT2D eigenvalue weighted by Crippen LogP contribution is 2.15. The van der Waals surface area contributed by atoms with Crippen molar-refractivity contribution in [2.24, 2.45) is 5.73 Å². The van der Waals surface area contributed by atoms with Crippen molar-refractivity contribution in [3.63, 3.8) is 0 Å². The van der Waals surface area contributed by atoms with Crippen LogP contribution >= 0.6 is 0 Å². The third kappa shape index (κ3) is 4.23. The Balaban J connectivity index is 1.78. The van der Waals surface area contributed by atoms with E-state index >= 15 is 0 Å². The SMILES string of the molecule is CCOc1ccc(CCC(=O)N2CCC(N)CC2)cc1. The number of nitrogens with two attached hydrogens (primary N) is 1. The van der Waals surface area contributed by atoms with Crippen molar-refractivity contribution in [2.45, 2.75) is 38.6 Å². The Hall–Kier alpha value is -1.55. The molecular formula is C16H24N2O2. The first kappa shape index (κ1) is 14.9. The van der Waals surface area contributed by atoms with Crippen LogP contribution in [0.15, 0.2) is 24.3 Å². The van der Waals surface area contributed by atoms with Gasteiger partial charge in [-0.2, -0.15) is 0 Å². The van der Waals surface area contributed by atoms with Crippen LogP contribution in [0.25, 0.3) is 0 Å². The minimum Gasteiger partial charge on any atom is -0.494 e. The number of amides is 1. The molecule has 0 radical (unpaired) electrons. The van der Waals surface area contributed by atoms with Crippen LogP contribution in [-0.2, 0) is 11.2 Å². The smallest absolute Gasteiger partial charge is 0.222 e. The molecule has 1 aliphatic heterocycles. The van der Waals surface area contributed by atoms with Gasteiger partial charge in [-0.15, -0.1) is 0 Å². The third-order valence-corrected chi connectivity index (χ3v) is 3.75. The van der Waals surface area contributed by atoms with E-state index in [0.717, 1.165) is 38.1 Å². The Bertz CT molecular complexity index is 423. The Labute approximate surface area is 120 Å². The highest BCUT2D eigenvalue weighted by molar-refractivity contribution is 5.76. The molecule has 0 spiro atoms. The maximum absolute atomic E-state index is 12.1. The largest absolute Gasteiger partial charge is 0.494 e. The van der Waals surface area contributed by atoms with E-state index < -0.39 is 0 Å². The number of ether oxygens (including phenoxy) is 1. The van der Waals surface area contributed by atoms with Crippen LogP contribution in [0.2, 0.25) is 0 Å². The van der Waals surface area contributed by atoms with E-state index in [9.17, 15) is 4.79 Å². The zero-order valence-corrected chi connectivity index (χ0v) is 12.2. The lowest BCUT2D eigenvalue weighted by Gasteiger charge is -2.30. The minimum atomic E-state index is 0.241. The van der Waals surface area contributed by atoms with Gasteiger partial charge < -0.3 is 15.4 Å². The maximum Gasteiger partial charge on any atom is 0.222 e. The van der Waals surface area contributed by atoms with Gasteiger partial charge in [-0.25, -0.2) is 0 Å². The molecule has 1 aromatic carbocycles. The minimum absolute atomic E-state index is 0.241. The quantitative estimate of drug-likeness (QED) is 0.894. The summed E-state index contributed by atoms with van der Waals surface area (Å²) >= 11 is 0. The number of piperidine rings is 1. The molecule has 4 nitrogen and oxygen atoms in total. The fraction of sp³-hybridized carbons (Fsp3) is 0.562. The number of hydrogen-bond donors (Lipinski definition) is 1. The van der Waals surface area contributed by atoms with Crippen molar-refractivity contribution in [1.29, 1.82) is 0 Å². The summed E-state index contributed by atoms with van der Waals surface area (Å²) in [5.41, 5.74) is 7.03. The molecule has 0 saturated carbocycles. The highest BCUT2D eigenvalue weighted by atomic mass is 16.5. The van der Waals surface area contributed by atoms with Gasteiger partial charge in [0.25, 0.3) is 0 Å². The van der Waals surface area contributed by atoms with Crippen molar-refractivity contribution in [2.75, 3.05) is 19.7 Å². The van der Waals surface area contributed by atoms with E-state index in [1.807, 2.05) is 36.1 Å². The second-order valence-corrected chi connectivity index (χ2v) is 5.30. The molecule has 1 heterocycles. The molecule has 4 heteroatoms. The van der Waals surface area contributed by atoms with E-state index in [2.05, 4.69) is 0 Å². The Kier molecular flexibility index (Phi) is 5.41. The lowest BCUT2D eigenvalue weighted by Crippen LogP contribution is -2.42. The van der Waals surface area contributed by atoms with Crippen LogP contribution in [0.3, 0.4) is 0 Å². The molecule has 0 unspecified atom stereocenters. The number of rotatable bonds is 5. The van der Waals surface area contributed by atoms with Crippen molar-refractivity contribution >= 4 is 5.91 Å². The second kappa shape index (κ2) is 7.29. The molecule has 1 amide bonds. The van der Waals surface area contributed by atoms with Gasteiger partial charge in [0, 0.05) is 25.6 Å². The monoisotopic (exact) mass is 276 g/mol. The number of hydrogen-bond acceptors (Lipinski definition) is 3. The summed E-state index contributed by atoms with van der Waals surface area (Å²) in [5, 5.41) is 0. The molecule has 20 heavy (non-hydrogen) atoms. The van der Waals surface area contributed by atoms with E-state index in [1.165, 1.54) is 5.56 Å². The fourth-order valence-electron chi connectivity index (χ4n) is 2.48. The normalized spacial score (nSPS) is 16.2. The molecule has 1 fully saturated rings. The van der Waals surface area contributed by atoms with E-state index in [1.54, 1.807) is 0 Å². The van der Waals surface area contributed by atoms with Crippen LogP contribution < -0.4 is 10.5 Å². The molecular weight excluding hydrogens is 252 g/mol. The predicted molar refractivity (Wildman–Crippen MR) is 79.7 cm³/mol. The summed E-state index contributed by atoms with van der Waals surface area (Å²) in [6, 6.07) is 8.26. The molecule has 110 valence electrons.